The van der Waals surface area contributed by atoms with Crippen LogP contribution in [0.4, 0.5) is 0 Å². The highest BCUT2D eigenvalue weighted by Crippen LogP contribution is 2.31. The van der Waals surface area contributed by atoms with Gasteiger partial charge in [0.2, 0.25) is 0 Å². The third-order valence-electron chi connectivity index (χ3n) is 2.82. The van der Waals surface area contributed by atoms with Gasteiger partial charge >= 0.3 is 0 Å². The largest absolute Gasteiger partial charge is 0.492 e. The number of ether oxygens (including phenoxy) is 1. The molecule has 2 aromatic rings. The molecule has 0 spiro atoms. The van der Waals surface area contributed by atoms with Crippen LogP contribution in [0, 0.1) is 6.92 Å². The van der Waals surface area contributed by atoms with E-state index in [0.29, 0.717) is 23.9 Å². The lowest BCUT2D eigenvalue weighted by molar-refractivity contribution is 0.340. The van der Waals surface area contributed by atoms with Crippen LogP contribution in [0.5, 0.6) is 5.75 Å². The van der Waals surface area contributed by atoms with Crippen molar-refractivity contribution in [2.75, 3.05) is 6.61 Å². The Morgan fingerprint density at radius 3 is 2.78 bits per heavy atom. The van der Waals surface area contributed by atoms with E-state index in [0.717, 1.165) is 22.5 Å². The smallest absolute Gasteiger partial charge is 0.137 e. The van der Waals surface area contributed by atoms with Crippen molar-refractivity contribution in [2.24, 2.45) is 5.73 Å². The first-order valence-electron chi connectivity index (χ1n) is 5.84. The molecule has 4 nitrogen and oxygen atoms in total. The molecule has 0 aliphatic rings. The van der Waals surface area contributed by atoms with Crippen molar-refractivity contribution < 1.29 is 4.74 Å². The van der Waals surface area contributed by atoms with E-state index in [1.807, 2.05) is 32.0 Å². The number of hydrogen-bond donors (Lipinski definition) is 2. The maximum absolute atomic E-state index is 6.16. The maximum Gasteiger partial charge on any atom is 0.137 e. The second-order valence-electron chi connectivity index (χ2n) is 3.96. The second-order valence-corrected chi connectivity index (χ2v) is 4.37. The molecule has 0 atom stereocenters. The summed E-state index contributed by atoms with van der Waals surface area (Å²) in [6.45, 7) is 4.96. The predicted octanol–water partition coefficient (Wildman–Crippen LogP) is 2.90. The van der Waals surface area contributed by atoms with Crippen LogP contribution in [0.3, 0.4) is 0 Å². The monoisotopic (exact) mass is 265 g/mol. The third-order valence-corrected chi connectivity index (χ3v) is 3.12. The number of aromatic amines is 1. The first-order valence-corrected chi connectivity index (χ1v) is 6.21. The zero-order chi connectivity index (χ0) is 13.1. The molecule has 18 heavy (non-hydrogen) atoms. The summed E-state index contributed by atoms with van der Waals surface area (Å²) in [5.41, 5.74) is 9.44. The summed E-state index contributed by atoms with van der Waals surface area (Å²) in [4.78, 5) is 0. The van der Waals surface area contributed by atoms with Crippen LogP contribution in [0.25, 0.3) is 11.3 Å². The molecule has 0 unspecified atom stereocenters. The highest BCUT2D eigenvalue weighted by atomic mass is 35.5. The topological polar surface area (TPSA) is 63.9 Å². The van der Waals surface area contributed by atoms with Gasteiger partial charge in [0, 0.05) is 12.1 Å². The molecule has 0 saturated heterocycles. The number of benzene rings is 1. The van der Waals surface area contributed by atoms with Crippen LogP contribution in [-0.2, 0) is 6.54 Å². The SMILES string of the molecule is CCOc1ccc(-c2n[nH]c(CN)c2C)cc1Cl. The summed E-state index contributed by atoms with van der Waals surface area (Å²) < 4.78 is 5.40. The van der Waals surface area contributed by atoms with Gasteiger partial charge in [-0.1, -0.05) is 11.6 Å². The second kappa shape index (κ2) is 5.42. The van der Waals surface area contributed by atoms with Gasteiger partial charge in [-0.2, -0.15) is 5.10 Å². The summed E-state index contributed by atoms with van der Waals surface area (Å²) in [6, 6.07) is 5.66. The fourth-order valence-electron chi connectivity index (χ4n) is 1.83. The Morgan fingerprint density at radius 2 is 2.22 bits per heavy atom. The summed E-state index contributed by atoms with van der Waals surface area (Å²) in [5.74, 6) is 0.690. The number of aromatic nitrogens is 2. The molecular weight excluding hydrogens is 250 g/mol. The van der Waals surface area contributed by atoms with Gasteiger partial charge in [0.25, 0.3) is 0 Å². The van der Waals surface area contributed by atoms with E-state index in [4.69, 9.17) is 22.1 Å². The van der Waals surface area contributed by atoms with E-state index < -0.39 is 0 Å². The molecule has 0 aliphatic heterocycles. The van der Waals surface area contributed by atoms with Gasteiger partial charge < -0.3 is 10.5 Å². The van der Waals surface area contributed by atoms with Crippen molar-refractivity contribution in [2.45, 2.75) is 20.4 Å². The van der Waals surface area contributed by atoms with Gasteiger partial charge in [-0.05, 0) is 37.6 Å². The fourth-order valence-corrected chi connectivity index (χ4v) is 2.07. The van der Waals surface area contributed by atoms with Gasteiger partial charge in [0.15, 0.2) is 0 Å². The molecule has 1 aromatic heterocycles. The number of nitrogens with zero attached hydrogens (tertiary/aromatic N) is 1. The Bertz CT molecular complexity index is 551. The van der Waals surface area contributed by atoms with Crippen LogP contribution in [-0.4, -0.2) is 16.8 Å². The minimum Gasteiger partial charge on any atom is -0.492 e. The standard InChI is InChI=1S/C13H16ClN3O/c1-3-18-12-5-4-9(6-10(12)14)13-8(2)11(7-15)16-17-13/h4-6H,3,7,15H2,1-2H3,(H,16,17). The predicted molar refractivity (Wildman–Crippen MR) is 72.8 cm³/mol. The third kappa shape index (κ3) is 2.35. The number of rotatable bonds is 4. The van der Waals surface area contributed by atoms with Crippen molar-refractivity contribution >= 4 is 11.6 Å². The zero-order valence-corrected chi connectivity index (χ0v) is 11.2. The number of H-pyrrole nitrogens is 1. The molecule has 5 heteroatoms. The molecule has 0 saturated carbocycles. The first kappa shape index (κ1) is 12.9. The van der Waals surface area contributed by atoms with Crippen molar-refractivity contribution in [3.05, 3.63) is 34.5 Å². The van der Waals surface area contributed by atoms with Gasteiger partial charge in [-0.15, -0.1) is 0 Å². The molecular formula is C13H16ClN3O. The first-order chi connectivity index (χ1) is 8.67. The molecule has 3 N–H and O–H groups in total. The molecule has 2 rings (SSSR count). The minimum absolute atomic E-state index is 0.448. The van der Waals surface area contributed by atoms with E-state index in [1.165, 1.54) is 0 Å². The van der Waals surface area contributed by atoms with Gasteiger partial charge in [0.1, 0.15) is 5.75 Å². The van der Waals surface area contributed by atoms with Crippen LogP contribution >= 0.6 is 11.6 Å². The fraction of sp³-hybridized carbons (Fsp3) is 0.308. The van der Waals surface area contributed by atoms with Crippen molar-refractivity contribution in [3.8, 4) is 17.0 Å². The lowest BCUT2D eigenvalue weighted by atomic mass is 10.1. The summed E-state index contributed by atoms with van der Waals surface area (Å²) >= 11 is 6.16. The number of nitrogens with two attached hydrogens (primary N) is 1. The minimum atomic E-state index is 0.448. The van der Waals surface area contributed by atoms with Crippen LogP contribution in [0.1, 0.15) is 18.2 Å². The molecule has 1 aromatic carbocycles. The summed E-state index contributed by atoms with van der Waals surface area (Å²) in [7, 11) is 0. The molecule has 0 bridgehead atoms. The van der Waals surface area contributed by atoms with Crippen molar-refractivity contribution in [1.82, 2.24) is 10.2 Å². The Kier molecular flexibility index (Phi) is 3.89. The van der Waals surface area contributed by atoms with Crippen molar-refractivity contribution in [1.29, 1.82) is 0 Å². The van der Waals surface area contributed by atoms with E-state index in [2.05, 4.69) is 10.2 Å². The molecule has 0 amide bonds. The molecule has 1 heterocycles. The van der Waals surface area contributed by atoms with Gasteiger partial charge in [0.05, 0.1) is 23.0 Å². The lowest BCUT2D eigenvalue weighted by Crippen LogP contribution is -1.98. The Labute approximate surface area is 111 Å². The van der Waals surface area contributed by atoms with Crippen LogP contribution < -0.4 is 10.5 Å². The Morgan fingerprint density at radius 1 is 1.44 bits per heavy atom. The highest BCUT2D eigenvalue weighted by molar-refractivity contribution is 6.32. The number of hydrogen-bond acceptors (Lipinski definition) is 3. The average molecular weight is 266 g/mol. The maximum atomic E-state index is 6.16. The Hall–Kier alpha value is -1.52. The summed E-state index contributed by atoms with van der Waals surface area (Å²) in [6.07, 6.45) is 0. The van der Waals surface area contributed by atoms with E-state index in [9.17, 15) is 0 Å². The zero-order valence-electron chi connectivity index (χ0n) is 10.5. The quantitative estimate of drug-likeness (QED) is 0.893. The van der Waals surface area contributed by atoms with Crippen LogP contribution in [0.2, 0.25) is 5.02 Å². The molecule has 0 aliphatic carbocycles. The van der Waals surface area contributed by atoms with Gasteiger partial charge in [-0.3, -0.25) is 5.10 Å². The number of nitrogens with one attached hydrogen (secondary N) is 1. The van der Waals surface area contributed by atoms with E-state index in [1.54, 1.807) is 0 Å². The molecule has 96 valence electrons. The van der Waals surface area contributed by atoms with Gasteiger partial charge in [-0.25, -0.2) is 0 Å². The van der Waals surface area contributed by atoms with Crippen molar-refractivity contribution in [3.63, 3.8) is 0 Å². The molecule has 0 radical (unpaired) electrons. The lowest BCUT2D eigenvalue weighted by Gasteiger charge is -2.07. The molecule has 0 fully saturated rings. The van der Waals surface area contributed by atoms with Crippen LogP contribution in [0.15, 0.2) is 18.2 Å². The normalized spacial score (nSPS) is 10.7. The summed E-state index contributed by atoms with van der Waals surface area (Å²) in [5, 5.41) is 7.79. The van der Waals surface area contributed by atoms with E-state index >= 15 is 0 Å². The Balaban J connectivity index is 2.39. The highest BCUT2D eigenvalue weighted by Gasteiger charge is 2.11. The number of halogens is 1. The van der Waals surface area contributed by atoms with E-state index in [-0.39, 0.29) is 0 Å². The average Bonchev–Trinajstić information content (AvgIpc) is 2.73.